The van der Waals surface area contributed by atoms with Crippen LogP contribution < -0.4 is 10.5 Å². The van der Waals surface area contributed by atoms with Crippen molar-refractivity contribution in [1.29, 1.82) is 0 Å². The van der Waals surface area contributed by atoms with Crippen molar-refractivity contribution in [3.05, 3.63) is 29.3 Å². The van der Waals surface area contributed by atoms with Gasteiger partial charge in [0.25, 0.3) is 0 Å². The number of rotatable bonds is 5. The minimum absolute atomic E-state index is 0.0769. The van der Waals surface area contributed by atoms with Gasteiger partial charge in [0.05, 0.1) is 7.11 Å². The molecule has 0 saturated heterocycles. The first-order valence-corrected chi connectivity index (χ1v) is 6.25. The normalized spacial score (nSPS) is 11.2. The maximum Gasteiger partial charge on any atom is 0.217 e. The Morgan fingerprint density at radius 2 is 1.84 bits per heavy atom. The standard InChI is InChI=1S/C15H21NO3/c1-15(2,3)11-9-10(5-7-13(11)19-4)12(17)6-8-14(16)18/h5,7,9H,6,8H2,1-4H3,(H2,16,18). The highest BCUT2D eigenvalue weighted by molar-refractivity contribution is 5.98. The molecule has 0 heterocycles. The van der Waals surface area contributed by atoms with E-state index >= 15 is 0 Å². The number of primary amides is 1. The molecule has 104 valence electrons. The minimum atomic E-state index is -0.460. The van der Waals surface area contributed by atoms with E-state index in [1.165, 1.54) is 0 Å². The van der Waals surface area contributed by atoms with E-state index in [1.54, 1.807) is 19.2 Å². The Labute approximate surface area is 113 Å². The molecule has 0 aliphatic carbocycles. The first-order chi connectivity index (χ1) is 8.75. The fourth-order valence-corrected chi connectivity index (χ4v) is 1.85. The van der Waals surface area contributed by atoms with E-state index in [0.29, 0.717) is 5.56 Å². The van der Waals surface area contributed by atoms with Crippen molar-refractivity contribution in [3.63, 3.8) is 0 Å². The lowest BCUT2D eigenvalue weighted by Gasteiger charge is -2.22. The molecule has 4 nitrogen and oxygen atoms in total. The predicted molar refractivity (Wildman–Crippen MR) is 74.5 cm³/mol. The van der Waals surface area contributed by atoms with Crippen LogP contribution in [-0.2, 0) is 10.2 Å². The molecule has 1 rings (SSSR count). The molecule has 0 aliphatic heterocycles. The zero-order chi connectivity index (χ0) is 14.6. The van der Waals surface area contributed by atoms with E-state index in [4.69, 9.17) is 10.5 Å². The number of benzene rings is 1. The van der Waals surface area contributed by atoms with Crippen molar-refractivity contribution < 1.29 is 14.3 Å². The summed E-state index contributed by atoms with van der Waals surface area (Å²) in [5, 5.41) is 0. The molecule has 0 unspecified atom stereocenters. The summed E-state index contributed by atoms with van der Waals surface area (Å²) < 4.78 is 5.32. The molecule has 0 aromatic heterocycles. The van der Waals surface area contributed by atoms with E-state index in [9.17, 15) is 9.59 Å². The van der Waals surface area contributed by atoms with Gasteiger partial charge < -0.3 is 10.5 Å². The zero-order valence-corrected chi connectivity index (χ0v) is 11.9. The molecule has 19 heavy (non-hydrogen) atoms. The number of carbonyl (C=O) groups excluding carboxylic acids is 2. The smallest absolute Gasteiger partial charge is 0.217 e. The monoisotopic (exact) mass is 263 g/mol. The summed E-state index contributed by atoms with van der Waals surface area (Å²) in [5.41, 5.74) is 6.49. The van der Waals surface area contributed by atoms with Crippen LogP contribution in [0.25, 0.3) is 0 Å². The van der Waals surface area contributed by atoms with Crippen molar-refractivity contribution in [2.45, 2.75) is 39.0 Å². The van der Waals surface area contributed by atoms with Gasteiger partial charge in [-0.1, -0.05) is 20.8 Å². The fraction of sp³-hybridized carbons (Fsp3) is 0.467. The van der Waals surface area contributed by atoms with E-state index in [0.717, 1.165) is 11.3 Å². The number of ketones is 1. The van der Waals surface area contributed by atoms with Crippen LogP contribution in [0, 0.1) is 0 Å². The van der Waals surface area contributed by atoms with E-state index < -0.39 is 5.91 Å². The van der Waals surface area contributed by atoms with E-state index in [-0.39, 0.29) is 24.0 Å². The van der Waals surface area contributed by atoms with Crippen LogP contribution in [-0.4, -0.2) is 18.8 Å². The number of carbonyl (C=O) groups is 2. The number of amides is 1. The van der Waals surface area contributed by atoms with Crippen molar-refractivity contribution in [3.8, 4) is 5.75 Å². The molecule has 0 bridgehead atoms. The highest BCUT2D eigenvalue weighted by Crippen LogP contribution is 2.32. The first-order valence-electron chi connectivity index (χ1n) is 6.25. The Morgan fingerprint density at radius 3 is 2.32 bits per heavy atom. The van der Waals surface area contributed by atoms with Gasteiger partial charge >= 0.3 is 0 Å². The average Bonchev–Trinajstić information content (AvgIpc) is 2.34. The first kappa shape index (κ1) is 15.2. The lowest BCUT2D eigenvalue weighted by molar-refractivity contribution is -0.118. The Bertz CT molecular complexity index is 487. The second kappa shape index (κ2) is 5.87. The predicted octanol–water partition coefficient (Wildman–Crippen LogP) is 2.44. The summed E-state index contributed by atoms with van der Waals surface area (Å²) >= 11 is 0. The van der Waals surface area contributed by atoms with Crippen LogP contribution in [0.3, 0.4) is 0 Å². The number of ether oxygens (including phenoxy) is 1. The quantitative estimate of drug-likeness (QED) is 0.829. The van der Waals surface area contributed by atoms with Gasteiger partial charge in [-0.3, -0.25) is 9.59 Å². The Hall–Kier alpha value is -1.84. The van der Waals surface area contributed by atoms with Crippen LogP contribution in [0.5, 0.6) is 5.75 Å². The summed E-state index contributed by atoms with van der Waals surface area (Å²) in [7, 11) is 1.61. The third-order valence-corrected chi connectivity index (χ3v) is 2.93. The molecule has 0 radical (unpaired) electrons. The second-order valence-corrected chi connectivity index (χ2v) is 5.55. The SMILES string of the molecule is COc1ccc(C(=O)CCC(N)=O)cc1C(C)(C)C. The van der Waals surface area contributed by atoms with Crippen molar-refractivity contribution in [2.75, 3.05) is 7.11 Å². The second-order valence-electron chi connectivity index (χ2n) is 5.55. The number of hydrogen-bond donors (Lipinski definition) is 1. The molecular formula is C15H21NO3. The van der Waals surface area contributed by atoms with Gasteiger partial charge in [-0.2, -0.15) is 0 Å². The summed E-state index contributed by atoms with van der Waals surface area (Å²) in [6, 6.07) is 5.34. The summed E-state index contributed by atoms with van der Waals surface area (Å²) in [6.07, 6.45) is 0.223. The zero-order valence-electron chi connectivity index (χ0n) is 11.9. The third kappa shape index (κ3) is 4.09. The van der Waals surface area contributed by atoms with Crippen molar-refractivity contribution >= 4 is 11.7 Å². The van der Waals surface area contributed by atoms with Gasteiger partial charge in [-0.15, -0.1) is 0 Å². The van der Waals surface area contributed by atoms with Gasteiger partial charge in [0.1, 0.15) is 5.75 Å². The number of Topliss-reactive ketones (excluding diaryl/α,β-unsaturated/α-hetero) is 1. The van der Waals surface area contributed by atoms with Gasteiger partial charge in [-0.05, 0) is 23.6 Å². The third-order valence-electron chi connectivity index (χ3n) is 2.93. The van der Waals surface area contributed by atoms with Crippen LogP contribution in [0.1, 0.15) is 49.5 Å². The molecule has 0 spiro atoms. The minimum Gasteiger partial charge on any atom is -0.496 e. The topological polar surface area (TPSA) is 69.4 Å². The molecule has 4 heteroatoms. The molecule has 1 aromatic carbocycles. The lowest BCUT2D eigenvalue weighted by Crippen LogP contribution is -2.15. The van der Waals surface area contributed by atoms with Crippen molar-refractivity contribution in [1.82, 2.24) is 0 Å². The van der Waals surface area contributed by atoms with E-state index in [2.05, 4.69) is 20.8 Å². The molecule has 1 aromatic rings. The molecule has 0 aliphatic rings. The number of methoxy groups -OCH3 is 1. The Balaban J connectivity index is 3.05. The highest BCUT2D eigenvalue weighted by Gasteiger charge is 2.20. The summed E-state index contributed by atoms with van der Waals surface area (Å²) in [6.45, 7) is 6.17. The van der Waals surface area contributed by atoms with E-state index in [1.807, 2.05) is 6.07 Å². The summed E-state index contributed by atoms with van der Waals surface area (Å²) in [5.74, 6) is 0.226. The van der Waals surface area contributed by atoms with Gasteiger partial charge in [-0.25, -0.2) is 0 Å². The average molecular weight is 263 g/mol. The Kier molecular flexibility index (Phi) is 4.70. The molecule has 1 amide bonds. The molecule has 0 saturated carbocycles. The van der Waals surface area contributed by atoms with Gasteiger partial charge in [0, 0.05) is 24.0 Å². The largest absolute Gasteiger partial charge is 0.496 e. The van der Waals surface area contributed by atoms with Crippen LogP contribution in [0.4, 0.5) is 0 Å². The summed E-state index contributed by atoms with van der Waals surface area (Å²) in [4.78, 5) is 22.7. The van der Waals surface area contributed by atoms with Gasteiger partial charge in [0.2, 0.25) is 5.91 Å². The number of hydrogen-bond acceptors (Lipinski definition) is 3. The van der Waals surface area contributed by atoms with Crippen LogP contribution >= 0.6 is 0 Å². The van der Waals surface area contributed by atoms with Crippen LogP contribution in [0.15, 0.2) is 18.2 Å². The molecular weight excluding hydrogens is 242 g/mol. The molecule has 2 N–H and O–H groups in total. The maximum absolute atomic E-state index is 12.0. The van der Waals surface area contributed by atoms with Gasteiger partial charge in [0.15, 0.2) is 5.78 Å². The Morgan fingerprint density at radius 1 is 1.21 bits per heavy atom. The van der Waals surface area contributed by atoms with Crippen LogP contribution in [0.2, 0.25) is 0 Å². The number of nitrogens with two attached hydrogens (primary N) is 1. The fourth-order valence-electron chi connectivity index (χ4n) is 1.85. The molecule has 0 fully saturated rings. The highest BCUT2D eigenvalue weighted by atomic mass is 16.5. The molecule has 0 atom stereocenters. The van der Waals surface area contributed by atoms with Crippen molar-refractivity contribution in [2.24, 2.45) is 5.73 Å². The maximum atomic E-state index is 12.0. The lowest BCUT2D eigenvalue weighted by atomic mass is 9.84.